The van der Waals surface area contributed by atoms with Crippen molar-refractivity contribution in [1.82, 2.24) is 0 Å². The summed E-state index contributed by atoms with van der Waals surface area (Å²) in [4.78, 5) is 11.3. The monoisotopic (exact) mass is 234 g/mol. The van der Waals surface area contributed by atoms with Crippen LogP contribution in [-0.4, -0.2) is 18.0 Å². The van der Waals surface area contributed by atoms with E-state index < -0.39 is 0 Å². The smallest absolute Gasteiger partial charge is 0.185 e. The van der Waals surface area contributed by atoms with Gasteiger partial charge in [-0.25, -0.2) is 0 Å². The molecule has 0 atom stereocenters. The molecule has 0 aromatic heterocycles. The molecule has 90 valence electrons. The molecule has 5 nitrogen and oxygen atoms in total. The van der Waals surface area contributed by atoms with E-state index in [0.717, 1.165) is 0 Å². The molecule has 0 saturated carbocycles. The van der Waals surface area contributed by atoms with Crippen LogP contribution in [0.3, 0.4) is 0 Å². The lowest BCUT2D eigenvalue weighted by molar-refractivity contribution is -0.115. The van der Waals surface area contributed by atoms with E-state index in [1.807, 2.05) is 0 Å². The van der Waals surface area contributed by atoms with E-state index in [-0.39, 0.29) is 17.9 Å². The number of ketones is 1. The molecule has 0 aliphatic rings. The number of aliphatic hydroxyl groups is 1. The number of methoxy groups -OCH3 is 1. The minimum absolute atomic E-state index is 0.0525. The molecule has 0 aliphatic carbocycles. The third-order valence-corrected chi connectivity index (χ3v) is 2.07. The van der Waals surface area contributed by atoms with Crippen LogP contribution in [0.1, 0.15) is 13.3 Å². The number of rotatable bonds is 5. The molecule has 0 heterocycles. The topological polar surface area (TPSA) is 71.2 Å². The van der Waals surface area contributed by atoms with Gasteiger partial charge in [-0.3, -0.25) is 4.79 Å². The van der Waals surface area contributed by atoms with Crippen LogP contribution in [0.15, 0.2) is 46.5 Å². The number of benzene rings is 1. The summed E-state index contributed by atoms with van der Waals surface area (Å²) < 4.78 is 4.99. The summed E-state index contributed by atoms with van der Waals surface area (Å²) in [6.45, 7) is 1.69. The van der Waals surface area contributed by atoms with Crippen molar-refractivity contribution in [2.24, 2.45) is 10.2 Å². The summed E-state index contributed by atoms with van der Waals surface area (Å²) in [5.41, 5.74) is 0.525. The lowest BCUT2D eigenvalue weighted by Gasteiger charge is -1.98. The maximum Gasteiger partial charge on any atom is 0.185 e. The third kappa shape index (κ3) is 3.71. The molecular weight excluding hydrogens is 220 g/mol. The lowest BCUT2D eigenvalue weighted by Crippen LogP contribution is -1.97. The van der Waals surface area contributed by atoms with Gasteiger partial charge in [0.05, 0.1) is 12.8 Å². The van der Waals surface area contributed by atoms with Gasteiger partial charge in [-0.15, -0.1) is 5.11 Å². The predicted molar refractivity (Wildman–Crippen MR) is 63.5 cm³/mol. The Balaban J connectivity index is 2.78. The average molecular weight is 234 g/mol. The van der Waals surface area contributed by atoms with Crippen LogP contribution in [0.4, 0.5) is 5.69 Å². The van der Waals surface area contributed by atoms with Crippen molar-refractivity contribution in [2.75, 3.05) is 7.11 Å². The summed E-state index contributed by atoms with van der Waals surface area (Å²) in [6, 6.07) is 6.87. The first-order chi connectivity index (χ1) is 8.21. The Morgan fingerprint density at radius 1 is 1.41 bits per heavy atom. The minimum Gasteiger partial charge on any atom is -0.513 e. The maximum atomic E-state index is 11.3. The van der Waals surface area contributed by atoms with E-state index in [9.17, 15) is 4.79 Å². The van der Waals surface area contributed by atoms with Crippen molar-refractivity contribution >= 4 is 11.5 Å². The molecule has 0 saturated heterocycles. The van der Waals surface area contributed by atoms with Gasteiger partial charge in [0, 0.05) is 6.42 Å². The van der Waals surface area contributed by atoms with Crippen LogP contribution in [0.5, 0.6) is 5.75 Å². The van der Waals surface area contributed by atoms with Gasteiger partial charge in [-0.05, 0) is 24.3 Å². The van der Waals surface area contributed by atoms with Gasteiger partial charge < -0.3 is 9.84 Å². The molecule has 0 amide bonds. The molecule has 0 bridgehead atoms. The number of hydrogen-bond donors (Lipinski definition) is 1. The Bertz CT molecular complexity index is 436. The second-order valence-corrected chi connectivity index (χ2v) is 3.19. The van der Waals surface area contributed by atoms with Crippen LogP contribution in [0.2, 0.25) is 0 Å². The van der Waals surface area contributed by atoms with Crippen molar-refractivity contribution < 1.29 is 14.6 Å². The standard InChI is InChI=1S/C12H14N2O3/c1-3-12(16)11(8-15)14-13-9-4-6-10(17-2)7-5-9/h4-8,15H,3H2,1-2H3/b11-8+,14-13?. The molecule has 1 N–H and O–H groups in total. The zero-order chi connectivity index (χ0) is 12.7. The van der Waals surface area contributed by atoms with E-state index in [0.29, 0.717) is 17.7 Å². The van der Waals surface area contributed by atoms with Crippen LogP contribution < -0.4 is 4.74 Å². The number of nitrogens with zero attached hydrogens (tertiary/aromatic N) is 2. The van der Waals surface area contributed by atoms with Gasteiger partial charge in [-0.1, -0.05) is 6.92 Å². The molecule has 17 heavy (non-hydrogen) atoms. The molecule has 1 aromatic rings. The summed E-state index contributed by atoms with van der Waals surface area (Å²) in [7, 11) is 1.57. The van der Waals surface area contributed by atoms with Crippen LogP contribution in [0, 0.1) is 0 Å². The fourth-order valence-electron chi connectivity index (χ4n) is 1.10. The highest BCUT2D eigenvalue weighted by molar-refractivity contribution is 5.94. The first kappa shape index (κ1) is 12.9. The highest BCUT2D eigenvalue weighted by Gasteiger charge is 2.05. The van der Waals surface area contributed by atoms with Gasteiger partial charge in [-0.2, -0.15) is 5.11 Å². The predicted octanol–water partition coefficient (Wildman–Crippen LogP) is 3.16. The molecule has 0 radical (unpaired) electrons. The molecule has 1 rings (SSSR count). The number of allylic oxidation sites excluding steroid dienone is 1. The zero-order valence-electron chi connectivity index (χ0n) is 9.75. The van der Waals surface area contributed by atoms with Crippen LogP contribution in [0.25, 0.3) is 0 Å². The Hall–Kier alpha value is -2.17. The van der Waals surface area contributed by atoms with Gasteiger partial charge in [0.2, 0.25) is 0 Å². The van der Waals surface area contributed by atoms with Crippen molar-refractivity contribution in [2.45, 2.75) is 13.3 Å². The summed E-state index contributed by atoms with van der Waals surface area (Å²) in [5.74, 6) is 0.455. The Morgan fingerprint density at radius 3 is 2.53 bits per heavy atom. The highest BCUT2D eigenvalue weighted by Crippen LogP contribution is 2.18. The van der Waals surface area contributed by atoms with Gasteiger partial charge in [0.1, 0.15) is 12.0 Å². The number of hydrogen-bond acceptors (Lipinski definition) is 5. The number of carbonyl (C=O) groups is 1. The van der Waals surface area contributed by atoms with Crippen molar-refractivity contribution in [1.29, 1.82) is 0 Å². The average Bonchev–Trinajstić information content (AvgIpc) is 2.39. The number of carbonyl (C=O) groups excluding carboxylic acids is 1. The highest BCUT2D eigenvalue weighted by atomic mass is 16.5. The number of azo groups is 1. The first-order valence-corrected chi connectivity index (χ1v) is 5.14. The quantitative estimate of drug-likeness (QED) is 0.483. The maximum absolute atomic E-state index is 11.3. The molecule has 0 aliphatic heterocycles. The molecule has 0 spiro atoms. The van der Waals surface area contributed by atoms with Gasteiger partial charge in [0.15, 0.2) is 11.5 Å². The largest absolute Gasteiger partial charge is 0.513 e. The minimum atomic E-state index is -0.259. The lowest BCUT2D eigenvalue weighted by atomic mass is 10.2. The second kappa shape index (κ2) is 6.42. The number of ether oxygens (including phenoxy) is 1. The summed E-state index contributed by atoms with van der Waals surface area (Å²) in [5, 5.41) is 16.4. The summed E-state index contributed by atoms with van der Waals surface area (Å²) >= 11 is 0. The van der Waals surface area contributed by atoms with E-state index >= 15 is 0 Å². The van der Waals surface area contributed by atoms with E-state index in [1.54, 1.807) is 38.3 Å². The fourth-order valence-corrected chi connectivity index (χ4v) is 1.10. The van der Waals surface area contributed by atoms with Gasteiger partial charge >= 0.3 is 0 Å². The van der Waals surface area contributed by atoms with E-state index in [1.165, 1.54) is 0 Å². The second-order valence-electron chi connectivity index (χ2n) is 3.19. The first-order valence-electron chi connectivity index (χ1n) is 5.14. The zero-order valence-corrected chi connectivity index (χ0v) is 9.75. The third-order valence-electron chi connectivity index (χ3n) is 2.07. The molecule has 0 unspecified atom stereocenters. The van der Waals surface area contributed by atoms with E-state index in [2.05, 4.69) is 10.2 Å². The number of Topliss-reactive ketones (excluding diaryl/α,β-unsaturated/α-hetero) is 1. The summed E-state index contributed by atoms with van der Waals surface area (Å²) in [6.07, 6.45) is 0.937. The van der Waals surface area contributed by atoms with Crippen LogP contribution >= 0.6 is 0 Å². The van der Waals surface area contributed by atoms with Crippen LogP contribution in [-0.2, 0) is 4.79 Å². The Labute approximate surface area is 99.4 Å². The van der Waals surface area contributed by atoms with E-state index in [4.69, 9.17) is 9.84 Å². The van der Waals surface area contributed by atoms with Crippen molar-refractivity contribution in [3.63, 3.8) is 0 Å². The van der Waals surface area contributed by atoms with Gasteiger partial charge in [0.25, 0.3) is 0 Å². The van der Waals surface area contributed by atoms with Crippen molar-refractivity contribution in [3.8, 4) is 5.75 Å². The number of aliphatic hydroxyl groups excluding tert-OH is 1. The van der Waals surface area contributed by atoms with Crippen molar-refractivity contribution in [3.05, 3.63) is 36.2 Å². The Morgan fingerprint density at radius 2 is 2.06 bits per heavy atom. The molecule has 1 aromatic carbocycles. The fraction of sp³-hybridized carbons (Fsp3) is 0.250. The Kier molecular flexibility index (Phi) is 4.87. The normalized spacial score (nSPS) is 11.8. The molecule has 0 fully saturated rings. The SMILES string of the molecule is CCC(=O)/C(=C\O)N=Nc1ccc(OC)cc1. The molecule has 5 heteroatoms. The molecular formula is C12H14N2O3.